The molecule has 0 atom stereocenters. The first-order chi connectivity index (χ1) is 6.00. The molecule has 0 aromatic carbocycles. The second-order valence-corrected chi connectivity index (χ2v) is 0. The van der Waals surface area contributed by atoms with E-state index in [1.807, 2.05) is 0 Å². The standard InChI is InChI=1S/6CHN.CH4.Fe.Mn.Na.Ni.H/c6*1-2;;;;;;/h6*1H;1H4;;;;;/q;;;;;;;;;+1;;-1. The van der Waals surface area contributed by atoms with E-state index in [1.54, 1.807) is 0 Å². The van der Waals surface area contributed by atoms with Crippen LogP contribution in [0.25, 0.3) is 0 Å². The molecule has 0 aromatic heterocycles. The first-order valence-electron chi connectivity index (χ1n) is 1.55. The van der Waals surface area contributed by atoms with Crippen LogP contribution in [0.5, 0.6) is 0 Å². The summed E-state index contributed by atoms with van der Waals surface area (Å²) >= 11 is 0. The van der Waals surface area contributed by atoms with Crippen molar-refractivity contribution in [3.05, 3.63) is 0 Å². The molecular weight excluding hydrogens is 361 g/mol. The Kier molecular flexibility index (Phi) is 90200. The third-order valence-corrected chi connectivity index (χ3v) is 0. The van der Waals surface area contributed by atoms with Gasteiger partial charge in [0.05, 0.1) is 0 Å². The van der Waals surface area contributed by atoms with E-state index in [-0.39, 0.29) is 89.0 Å². The fourth-order valence-corrected chi connectivity index (χ4v) is 0. The maximum Gasteiger partial charge on any atom is 1.00 e. The molecule has 95 valence electrons. The molecule has 10 heteroatoms. The van der Waals surface area contributed by atoms with Crippen molar-refractivity contribution in [2.75, 3.05) is 0 Å². The van der Waals surface area contributed by atoms with Gasteiger partial charge in [0.25, 0.3) is 0 Å². The second-order valence-electron chi connectivity index (χ2n) is 0. The molecule has 0 aromatic rings. The van der Waals surface area contributed by atoms with Crippen LogP contribution >= 0.6 is 0 Å². The van der Waals surface area contributed by atoms with Crippen molar-refractivity contribution in [3.8, 4) is 39.4 Å². The zero-order valence-corrected chi connectivity index (χ0v) is 13.5. The first-order valence-corrected chi connectivity index (χ1v) is 1.55. The minimum Gasteiger partial charge on any atom is -1.00 e. The van der Waals surface area contributed by atoms with E-state index >= 15 is 0 Å². The summed E-state index contributed by atoms with van der Waals surface area (Å²) in [5.41, 5.74) is 0. The summed E-state index contributed by atoms with van der Waals surface area (Å²) in [4.78, 5) is 0. The third kappa shape index (κ3) is 10100. The summed E-state index contributed by atoms with van der Waals surface area (Å²) in [6.07, 6.45) is 0. The van der Waals surface area contributed by atoms with Crippen LogP contribution in [-0.2, 0) is 50.6 Å². The molecule has 0 rings (SSSR count). The molecule has 0 heterocycles. The zero-order valence-electron chi connectivity index (χ0n) is 9.20. The van der Waals surface area contributed by atoms with Gasteiger partial charge < -0.3 is 1.43 Å². The van der Waals surface area contributed by atoms with Crippen LogP contribution in [0.15, 0.2) is 0 Å². The number of hydrogen-bond donors (Lipinski definition) is 0. The number of hydrogen-bond acceptors (Lipinski definition) is 6. The first kappa shape index (κ1) is 132. The molecule has 0 N–H and O–H groups in total. The molecule has 0 spiro atoms. The van der Waals surface area contributed by atoms with E-state index in [9.17, 15) is 0 Å². The Hall–Kier alpha value is -0.528. The van der Waals surface area contributed by atoms with Gasteiger partial charge in [0.15, 0.2) is 0 Å². The molecule has 0 bridgehead atoms. The van der Waals surface area contributed by atoms with Crippen LogP contribution in [0.4, 0.5) is 0 Å². The summed E-state index contributed by atoms with van der Waals surface area (Å²) in [6.45, 7) is 21.0. The Bertz CT molecular complexity index is 115. The van der Waals surface area contributed by atoms with E-state index in [0.717, 1.165) is 0 Å². The molecule has 0 unspecified atom stereocenters. The Morgan fingerprint density at radius 2 is 0.529 bits per heavy atom. The fraction of sp³-hybridized carbons (Fsp3) is 0.143. The van der Waals surface area contributed by atoms with E-state index in [4.69, 9.17) is 31.6 Å². The smallest absolute Gasteiger partial charge is 1.00 e. The van der Waals surface area contributed by atoms with Crippen LogP contribution in [0.3, 0.4) is 0 Å². The predicted molar refractivity (Wildman–Crippen MR) is 47.9 cm³/mol. The van der Waals surface area contributed by atoms with Gasteiger partial charge in [-0.3, -0.25) is 0 Å². The molecule has 0 aliphatic carbocycles. The van der Waals surface area contributed by atoms with Gasteiger partial charge in [0, 0.05) is 90.1 Å². The second kappa shape index (κ2) is 11600. The van der Waals surface area contributed by atoms with E-state index in [0.29, 0.717) is 0 Å². The Morgan fingerprint density at radius 1 is 0.529 bits per heavy atom. The fourth-order valence-electron chi connectivity index (χ4n) is 0. The third-order valence-electron chi connectivity index (χ3n) is 0. The SMILES string of the molecule is C.C#N.C#N.C#N.C#N.C#N.C#N.[Fe].[H-].[Mn].[Na+].[Ni]. The van der Waals surface area contributed by atoms with Gasteiger partial charge in [-0.05, 0) is 0 Å². The van der Waals surface area contributed by atoms with Crippen LogP contribution < -0.4 is 29.6 Å². The molecule has 0 saturated carbocycles. The van der Waals surface area contributed by atoms with Gasteiger partial charge >= 0.3 is 29.6 Å². The molecule has 0 amide bonds. The average Bonchev–Trinajstić information content (AvgIpc) is 2.33. The van der Waals surface area contributed by atoms with Gasteiger partial charge in [-0.2, -0.15) is 0 Å². The Labute approximate surface area is 158 Å². The van der Waals surface area contributed by atoms with Crippen LogP contribution in [0.1, 0.15) is 8.85 Å². The number of nitriles is 6. The van der Waals surface area contributed by atoms with Crippen LogP contribution in [0, 0.1) is 71.0 Å². The van der Waals surface area contributed by atoms with Gasteiger partial charge in [-0.25, -0.2) is 31.6 Å². The topological polar surface area (TPSA) is 143 Å². The van der Waals surface area contributed by atoms with Gasteiger partial charge in [-0.15, -0.1) is 0 Å². The Morgan fingerprint density at radius 3 is 0.529 bits per heavy atom. The molecule has 1 radical (unpaired) electrons. The summed E-state index contributed by atoms with van der Waals surface area (Å²) in [5.74, 6) is 0. The summed E-state index contributed by atoms with van der Waals surface area (Å²) in [7, 11) is 0. The zero-order chi connectivity index (χ0) is 12.0. The summed E-state index contributed by atoms with van der Waals surface area (Å²) in [5, 5.41) is 39.0. The molecule has 17 heavy (non-hydrogen) atoms. The van der Waals surface area contributed by atoms with Gasteiger partial charge in [0.2, 0.25) is 0 Å². The van der Waals surface area contributed by atoms with Gasteiger partial charge in [0.1, 0.15) is 0 Å². The monoisotopic (exact) mass is 371 g/mol. The molecule has 0 fully saturated rings. The van der Waals surface area contributed by atoms with Crippen molar-refractivity contribution >= 4 is 0 Å². The average molecular weight is 372 g/mol. The van der Waals surface area contributed by atoms with E-state index in [1.165, 1.54) is 0 Å². The predicted octanol–water partition coefficient (Wildman–Crippen LogP) is -1.42. The quantitative estimate of drug-likeness (QED) is 0.478. The molecule has 6 nitrogen and oxygen atoms in total. The summed E-state index contributed by atoms with van der Waals surface area (Å²) in [6, 6.07) is 0. The minimum atomic E-state index is 0. The maximum absolute atomic E-state index is 6.50. The van der Waals surface area contributed by atoms with Crippen LogP contribution in [0.2, 0.25) is 0 Å². The number of rotatable bonds is 0. The number of nitrogens with zero attached hydrogens (tertiary/aromatic N) is 6. The maximum atomic E-state index is 6.50. The largest absolute Gasteiger partial charge is 1.00 e. The molecule has 0 aliphatic rings. The van der Waals surface area contributed by atoms with Crippen molar-refractivity contribution in [1.29, 1.82) is 31.6 Å². The minimum absolute atomic E-state index is 0. The molecular formula is C7H11FeMnN6NaNi. The van der Waals surface area contributed by atoms with E-state index < -0.39 is 0 Å². The van der Waals surface area contributed by atoms with Crippen LogP contribution in [-0.4, -0.2) is 0 Å². The van der Waals surface area contributed by atoms with Crippen molar-refractivity contribution in [1.82, 2.24) is 0 Å². The normalized spacial score (nSPS) is 0.706. The Balaban J connectivity index is -0.00000000225. The van der Waals surface area contributed by atoms with Crippen molar-refractivity contribution in [3.63, 3.8) is 0 Å². The van der Waals surface area contributed by atoms with Crippen molar-refractivity contribution < 1.29 is 81.6 Å². The summed E-state index contributed by atoms with van der Waals surface area (Å²) < 4.78 is 0. The van der Waals surface area contributed by atoms with E-state index in [2.05, 4.69) is 39.4 Å². The van der Waals surface area contributed by atoms with Crippen molar-refractivity contribution in [2.24, 2.45) is 0 Å². The van der Waals surface area contributed by atoms with Crippen molar-refractivity contribution in [2.45, 2.75) is 7.43 Å². The molecule has 0 saturated heterocycles. The van der Waals surface area contributed by atoms with Gasteiger partial charge in [-0.1, -0.05) is 7.43 Å². The molecule has 0 aliphatic heterocycles.